The fraction of sp³-hybridized carbons (Fsp3) is 0.824. The molecule has 4 aliphatic carbocycles. The van der Waals surface area contributed by atoms with E-state index in [4.69, 9.17) is 5.73 Å². The maximum atomic E-state index is 6.74. The second-order valence-electron chi connectivity index (χ2n) is 8.30. The van der Waals surface area contributed by atoms with Gasteiger partial charge in [0.2, 0.25) is 0 Å². The van der Waals surface area contributed by atoms with Crippen molar-refractivity contribution in [3.8, 4) is 0 Å². The number of aromatic nitrogens is 1. The molecule has 1 aromatic rings. The van der Waals surface area contributed by atoms with Gasteiger partial charge in [0.15, 0.2) is 0 Å². The molecule has 0 aliphatic heterocycles. The number of hydrogen-bond donors (Lipinski definition) is 1. The summed E-state index contributed by atoms with van der Waals surface area (Å²) < 4.78 is 0. The van der Waals surface area contributed by atoms with Gasteiger partial charge in [-0.25, -0.2) is 4.98 Å². The van der Waals surface area contributed by atoms with E-state index in [9.17, 15) is 0 Å². The molecule has 0 spiro atoms. The Balaban J connectivity index is 1.57. The van der Waals surface area contributed by atoms with Gasteiger partial charge in [-0.1, -0.05) is 6.92 Å². The molecule has 5 rings (SSSR count). The standard InChI is InChI=1S/C17H26N2S/c1-11-19-14(9-20-11)4-15(18)17-7-12-3-13(8-17)6-16(2,5-12)10-17/h9,12-13,15H,3-8,10,18H2,1-2H3. The van der Waals surface area contributed by atoms with Crippen LogP contribution in [0.1, 0.15) is 56.2 Å². The number of aryl methyl sites for hydroxylation is 1. The second kappa shape index (κ2) is 4.30. The van der Waals surface area contributed by atoms with E-state index in [-0.39, 0.29) is 0 Å². The average molecular weight is 290 g/mol. The molecule has 0 amide bonds. The first-order valence-corrected chi connectivity index (χ1v) is 9.01. The van der Waals surface area contributed by atoms with Gasteiger partial charge in [0.1, 0.15) is 0 Å². The zero-order chi connectivity index (χ0) is 14.0. The van der Waals surface area contributed by atoms with Crippen molar-refractivity contribution in [3.05, 3.63) is 16.1 Å². The van der Waals surface area contributed by atoms with Gasteiger partial charge < -0.3 is 5.73 Å². The summed E-state index contributed by atoms with van der Waals surface area (Å²) in [6.07, 6.45) is 9.56. The second-order valence-corrected chi connectivity index (χ2v) is 9.36. The van der Waals surface area contributed by atoms with Gasteiger partial charge >= 0.3 is 0 Å². The number of thiazole rings is 1. The van der Waals surface area contributed by atoms with Crippen molar-refractivity contribution in [1.82, 2.24) is 4.98 Å². The molecule has 4 saturated carbocycles. The van der Waals surface area contributed by atoms with Gasteiger partial charge in [0.25, 0.3) is 0 Å². The van der Waals surface area contributed by atoms with Gasteiger partial charge in [-0.2, -0.15) is 0 Å². The highest BCUT2D eigenvalue weighted by Crippen LogP contribution is 2.66. The lowest BCUT2D eigenvalue weighted by Gasteiger charge is -2.63. The molecule has 3 atom stereocenters. The Labute approximate surface area is 126 Å². The predicted octanol–water partition coefficient (Wildman–Crippen LogP) is 3.93. The number of nitrogens with two attached hydrogens (primary N) is 1. The van der Waals surface area contributed by atoms with Crippen molar-refractivity contribution < 1.29 is 0 Å². The first-order chi connectivity index (χ1) is 9.46. The van der Waals surface area contributed by atoms with E-state index in [1.165, 1.54) is 49.2 Å². The molecule has 1 aromatic heterocycles. The SMILES string of the molecule is Cc1nc(CC(N)C23CC4CC(CC(C)(C4)C2)C3)cs1. The van der Waals surface area contributed by atoms with E-state index in [1.807, 2.05) is 0 Å². The molecule has 110 valence electrons. The molecule has 0 saturated heterocycles. The minimum atomic E-state index is 0.314. The molecular weight excluding hydrogens is 264 g/mol. The van der Waals surface area contributed by atoms with Crippen molar-refractivity contribution in [3.63, 3.8) is 0 Å². The topological polar surface area (TPSA) is 38.9 Å². The van der Waals surface area contributed by atoms with E-state index >= 15 is 0 Å². The monoisotopic (exact) mass is 290 g/mol. The van der Waals surface area contributed by atoms with Crippen LogP contribution < -0.4 is 5.73 Å². The van der Waals surface area contributed by atoms with Crippen LogP contribution in [0.25, 0.3) is 0 Å². The molecule has 3 unspecified atom stereocenters. The highest BCUT2D eigenvalue weighted by molar-refractivity contribution is 7.09. The minimum Gasteiger partial charge on any atom is -0.327 e. The molecule has 20 heavy (non-hydrogen) atoms. The minimum absolute atomic E-state index is 0.314. The molecule has 2 N–H and O–H groups in total. The van der Waals surface area contributed by atoms with E-state index in [2.05, 4.69) is 24.2 Å². The zero-order valence-electron chi connectivity index (χ0n) is 12.7. The third kappa shape index (κ3) is 2.05. The Bertz CT molecular complexity index is 507. The van der Waals surface area contributed by atoms with Gasteiger partial charge in [0.05, 0.1) is 10.7 Å². The van der Waals surface area contributed by atoms with E-state index in [1.54, 1.807) is 11.3 Å². The van der Waals surface area contributed by atoms with Crippen LogP contribution in [0.15, 0.2) is 5.38 Å². The molecule has 2 nitrogen and oxygen atoms in total. The maximum Gasteiger partial charge on any atom is 0.0897 e. The van der Waals surface area contributed by atoms with Crippen LogP contribution in [0.2, 0.25) is 0 Å². The largest absolute Gasteiger partial charge is 0.327 e. The Morgan fingerprint density at radius 1 is 1.35 bits per heavy atom. The Hall–Kier alpha value is -0.410. The smallest absolute Gasteiger partial charge is 0.0897 e. The highest BCUT2D eigenvalue weighted by atomic mass is 32.1. The van der Waals surface area contributed by atoms with Crippen LogP contribution in [-0.2, 0) is 6.42 Å². The Kier molecular flexibility index (Phi) is 2.85. The fourth-order valence-electron chi connectivity index (χ4n) is 6.18. The van der Waals surface area contributed by atoms with E-state index in [0.717, 1.165) is 18.3 Å². The number of hydrogen-bond acceptors (Lipinski definition) is 3. The van der Waals surface area contributed by atoms with Crippen LogP contribution in [0.4, 0.5) is 0 Å². The molecule has 1 heterocycles. The quantitative estimate of drug-likeness (QED) is 0.916. The predicted molar refractivity (Wildman–Crippen MR) is 83.8 cm³/mol. The van der Waals surface area contributed by atoms with Crippen molar-refractivity contribution in [2.75, 3.05) is 0 Å². The van der Waals surface area contributed by atoms with Crippen LogP contribution in [0.5, 0.6) is 0 Å². The summed E-state index contributed by atoms with van der Waals surface area (Å²) in [7, 11) is 0. The van der Waals surface area contributed by atoms with Crippen LogP contribution in [-0.4, -0.2) is 11.0 Å². The Morgan fingerprint density at radius 2 is 2.05 bits per heavy atom. The molecule has 4 bridgehead atoms. The summed E-state index contributed by atoms with van der Waals surface area (Å²) in [5, 5.41) is 3.38. The third-order valence-corrected chi connectivity index (χ3v) is 7.10. The first kappa shape index (κ1) is 13.3. The van der Waals surface area contributed by atoms with Crippen molar-refractivity contribution >= 4 is 11.3 Å². The zero-order valence-corrected chi connectivity index (χ0v) is 13.5. The molecule has 0 radical (unpaired) electrons. The van der Waals surface area contributed by atoms with Gasteiger partial charge in [-0.3, -0.25) is 0 Å². The summed E-state index contributed by atoms with van der Waals surface area (Å²) >= 11 is 1.76. The lowest BCUT2D eigenvalue weighted by Crippen LogP contribution is -2.58. The van der Waals surface area contributed by atoms with Crippen LogP contribution >= 0.6 is 11.3 Å². The normalized spacial score (nSPS) is 44.0. The molecule has 4 fully saturated rings. The summed E-state index contributed by atoms with van der Waals surface area (Å²) in [4.78, 5) is 4.63. The summed E-state index contributed by atoms with van der Waals surface area (Å²) in [6, 6.07) is 0.314. The third-order valence-electron chi connectivity index (χ3n) is 6.28. The van der Waals surface area contributed by atoms with Crippen LogP contribution in [0.3, 0.4) is 0 Å². The fourth-order valence-corrected chi connectivity index (χ4v) is 6.80. The Morgan fingerprint density at radius 3 is 2.60 bits per heavy atom. The van der Waals surface area contributed by atoms with E-state index < -0.39 is 0 Å². The van der Waals surface area contributed by atoms with E-state index in [0.29, 0.717) is 16.9 Å². The van der Waals surface area contributed by atoms with Gasteiger partial charge in [-0.15, -0.1) is 11.3 Å². The maximum absolute atomic E-state index is 6.74. The summed E-state index contributed by atoms with van der Waals surface area (Å²) in [6.45, 7) is 4.62. The summed E-state index contributed by atoms with van der Waals surface area (Å²) in [5.74, 6) is 1.92. The van der Waals surface area contributed by atoms with Crippen molar-refractivity contribution in [2.45, 2.75) is 64.8 Å². The number of nitrogens with zero attached hydrogens (tertiary/aromatic N) is 1. The summed E-state index contributed by atoms with van der Waals surface area (Å²) in [5.41, 5.74) is 8.98. The highest BCUT2D eigenvalue weighted by Gasteiger charge is 2.57. The van der Waals surface area contributed by atoms with Gasteiger partial charge in [0, 0.05) is 17.8 Å². The van der Waals surface area contributed by atoms with Crippen LogP contribution in [0, 0.1) is 29.6 Å². The average Bonchev–Trinajstić information content (AvgIpc) is 2.71. The first-order valence-electron chi connectivity index (χ1n) is 8.13. The lowest BCUT2D eigenvalue weighted by molar-refractivity contribution is -0.112. The van der Waals surface area contributed by atoms with Crippen molar-refractivity contribution in [2.24, 2.45) is 28.4 Å². The molecule has 0 aromatic carbocycles. The molecule has 4 aliphatic rings. The lowest BCUT2D eigenvalue weighted by atomic mass is 9.43. The van der Waals surface area contributed by atoms with Gasteiger partial charge in [-0.05, 0) is 68.1 Å². The number of rotatable bonds is 3. The molecular formula is C17H26N2S. The molecule has 3 heteroatoms. The van der Waals surface area contributed by atoms with Crippen molar-refractivity contribution in [1.29, 1.82) is 0 Å².